The predicted octanol–water partition coefficient (Wildman–Crippen LogP) is 3.65. The number of fused-ring (bicyclic) bond motifs is 1. The van der Waals surface area contributed by atoms with E-state index in [1.54, 1.807) is 14.2 Å². The van der Waals surface area contributed by atoms with Crippen molar-refractivity contribution < 1.29 is 9.47 Å². The second-order valence-corrected chi connectivity index (χ2v) is 7.45. The van der Waals surface area contributed by atoms with Gasteiger partial charge in [0.2, 0.25) is 0 Å². The molecule has 0 amide bonds. The number of ether oxygens (including phenoxy) is 2. The summed E-state index contributed by atoms with van der Waals surface area (Å²) in [5, 5.41) is 0. The van der Waals surface area contributed by atoms with Crippen LogP contribution < -0.4 is 9.47 Å². The summed E-state index contributed by atoms with van der Waals surface area (Å²) in [6, 6.07) is 6.65. The highest BCUT2D eigenvalue weighted by molar-refractivity contribution is 5.43. The van der Waals surface area contributed by atoms with Crippen LogP contribution in [0.1, 0.15) is 54.5 Å². The van der Waals surface area contributed by atoms with Crippen LogP contribution in [0.3, 0.4) is 0 Å². The minimum absolute atomic E-state index is 0.415. The lowest BCUT2D eigenvalue weighted by Crippen LogP contribution is -2.25. The summed E-state index contributed by atoms with van der Waals surface area (Å²) in [5.41, 5.74) is 4.06. The SMILES string of the molecule is COc1ccc(CN2CCC[C@@H]2c2nc3c(n2C)CCCC3)cc1OC. The Kier molecular flexibility index (Phi) is 4.90. The first-order chi connectivity index (χ1) is 12.7. The van der Waals surface area contributed by atoms with Gasteiger partial charge in [0.25, 0.3) is 0 Å². The average molecular weight is 355 g/mol. The molecule has 1 aliphatic carbocycles. The summed E-state index contributed by atoms with van der Waals surface area (Å²) in [6.07, 6.45) is 7.33. The smallest absolute Gasteiger partial charge is 0.161 e. The maximum absolute atomic E-state index is 5.47. The molecule has 2 aromatic rings. The van der Waals surface area contributed by atoms with E-state index in [1.807, 2.05) is 6.07 Å². The van der Waals surface area contributed by atoms with Gasteiger partial charge in [-0.3, -0.25) is 4.90 Å². The van der Waals surface area contributed by atoms with Crippen molar-refractivity contribution >= 4 is 0 Å². The molecule has 1 atom stereocenters. The third-order valence-corrected chi connectivity index (χ3v) is 5.90. The summed E-state index contributed by atoms with van der Waals surface area (Å²) >= 11 is 0. The molecule has 4 rings (SSSR count). The Morgan fingerprint density at radius 3 is 2.65 bits per heavy atom. The monoisotopic (exact) mass is 355 g/mol. The predicted molar refractivity (Wildman–Crippen MR) is 102 cm³/mol. The lowest BCUT2D eigenvalue weighted by Gasteiger charge is -2.25. The lowest BCUT2D eigenvalue weighted by atomic mass is 10.0. The van der Waals surface area contributed by atoms with Crippen molar-refractivity contribution in [3.05, 3.63) is 41.0 Å². The molecule has 140 valence electrons. The van der Waals surface area contributed by atoms with E-state index in [0.29, 0.717) is 6.04 Å². The van der Waals surface area contributed by atoms with Gasteiger partial charge >= 0.3 is 0 Å². The van der Waals surface area contributed by atoms with Crippen LogP contribution in [0.15, 0.2) is 18.2 Å². The van der Waals surface area contributed by atoms with E-state index in [2.05, 4.69) is 28.6 Å². The number of nitrogens with zero attached hydrogens (tertiary/aromatic N) is 3. The second kappa shape index (κ2) is 7.31. The van der Waals surface area contributed by atoms with Crippen molar-refractivity contribution in [2.24, 2.45) is 7.05 Å². The summed E-state index contributed by atoms with van der Waals surface area (Å²) in [4.78, 5) is 7.63. The number of hydrogen-bond acceptors (Lipinski definition) is 4. The summed E-state index contributed by atoms with van der Waals surface area (Å²) < 4.78 is 13.2. The maximum Gasteiger partial charge on any atom is 0.161 e. The standard InChI is InChI=1S/C21H29N3O2/c1-23-17-8-5-4-7-16(17)22-21(23)18-9-6-12-24(18)14-15-10-11-19(25-2)20(13-15)26-3/h10-11,13,18H,4-9,12,14H2,1-3H3/t18-/m1/s1. The number of aryl methyl sites for hydroxylation is 1. The van der Waals surface area contributed by atoms with Gasteiger partial charge in [0.1, 0.15) is 5.82 Å². The highest BCUT2D eigenvalue weighted by atomic mass is 16.5. The van der Waals surface area contributed by atoms with E-state index in [4.69, 9.17) is 14.5 Å². The largest absolute Gasteiger partial charge is 0.493 e. The van der Waals surface area contributed by atoms with Crippen molar-refractivity contribution in [3.63, 3.8) is 0 Å². The lowest BCUT2D eigenvalue weighted by molar-refractivity contribution is 0.235. The molecule has 0 radical (unpaired) electrons. The Hall–Kier alpha value is -2.01. The van der Waals surface area contributed by atoms with Crippen LogP contribution >= 0.6 is 0 Å². The highest BCUT2D eigenvalue weighted by Gasteiger charge is 2.31. The number of likely N-dealkylation sites (tertiary alicyclic amines) is 1. The molecule has 1 aromatic carbocycles. The van der Waals surface area contributed by atoms with Gasteiger partial charge < -0.3 is 14.0 Å². The molecular formula is C21H29N3O2. The Bertz CT molecular complexity index is 784. The molecule has 0 unspecified atom stereocenters. The van der Waals surface area contributed by atoms with E-state index in [-0.39, 0.29) is 0 Å². The fourth-order valence-corrected chi connectivity index (χ4v) is 4.53. The van der Waals surface area contributed by atoms with Gasteiger partial charge in [0.05, 0.1) is 26.0 Å². The number of rotatable bonds is 5. The van der Waals surface area contributed by atoms with Gasteiger partial charge in [-0.25, -0.2) is 4.98 Å². The Balaban J connectivity index is 1.57. The average Bonchev–Trinajstić information content (AvgIpc) is 3.26. The number of benzene rings is 1. The van der Waals surface area contributed by atoms with Crippen molar-refractivity contribution in [1.29, 1.82) is 0 Å². The molecule has 1 saturated heterocycles. The van der Waals surface area contributed by atoms with Crippen LogP contribution in [0.5, 0.6) is 11.5 Å². The molecule has 1 aliphatic heterocycles. The van der Waals surface area contributed by atoms with Crippen molar-refractivity contribution in [2.45, 2.75) is 51.1 Å². The molecule has 1 aromatic heterocycles. The first-order valence-electron chi connectivity index (χ1n) is 9.70. The Morgan fingerprint density at radius 2 is 1.88 bits per heavy atom. The Morgan fingerprint density at radius 1 is 1.08 bits per heavy atom. The number of imidazole rings is 1. The topological polar surface area (TPSA) is 39.5 Å². The van der Waals surface area contributed by atoms with Crippen LogP contribution in [0.2, 0.25) is 0 Å². The second-order valence-electron chi connectivity index (χ2n) is 7.45. The molecule has 0 bridgehead atoms. The summed E-state index contributed by atoms with van der Waals surface area (Å²) in [7, 11) is 5.58. The van der Waals surface area contributed by atoms with E-state index in [0.717, 1.165) is 31.0 Å². The van der Waals surface area contributed by atoms with Crippen LogP contribution in [-0.2, 0) is 26.4 Å². The Labute approximate surface area is 155 Å². The van der Waals surface area contributed by atoms with E-state index < -0.39 is 0 Å². The fraction of sp³-hybridized carbons (Fsp3) is 0.571. The molecular weight excluding hydrogens is 326 g/mol. The van der Waals surface area contributed by atoms with Crippen LogP contribution in [0, 0.1) is 0 Å². The molecule has 2 aliphatic rings. The molecule has 0 N–H and O–H groups in total. The first-order valence-corrected chi connectivity index (χ1v) is 9.70. The van der Waals surface area contributed by atoms with Crippen LogP contribution in [0.25, 0.3) is 0 Å². The highest BCUT2D eigenvalue weighted by Crippen LogP contribution is 2.36. The van der Waals surface area contributed by atoms with Gasteiger partial charge in [-0.15, -0.1) is 0 Å². The van der Waals surface area contributed by atoms with E-state index in [9.17, 15) is 0 Å². The van der Waals surface area contributed by atoms with Crippen LogP contribution in [0.4, 0.5) is 0 Å². The first kappa shape index (κ1) is 17.4. The molecule has 5 nitrogen and oxygen atoms in total. The van der Waals surface area contributed by atoms with E-state index in [1.165, 1.54) is 54.9 Å². The van der Waals surface area contributed by atoms with Crippen molar-refractivity contribution in [1.82, 2.24) is 14.5 Å². The van der Waals surface area contributed by atoms with E-state index >= 15 is 0 Å². The molecule has 0 saturated carbocycles. The molecule has 0 spiro atoms. The molecule has 26 heavy (non-hydrogen) atoms. The number of aromatic nitrogens is 2. The molecule has 2 heterocycles. The van der Waals surface area contributed by atoms with Gasteiger partial charge in [0, 0.05) is 19.3 Å². The minimum atomic E-state index is 0.415. The zero-order chi connectivity index (χ0) is 18.1. The fourth-order valence-electron chi connectivity index (χ4n) is 4.53. The van der Waals surface area contributed by atoms with Crippen molar-refractivity contribution in [2.75, 3.05) is 20.8 Å². The van der Waals surface area contributed by atoms with Crippen molar-refractivity contribution in [3.8, 4) is 11.5 Å². The van der Waals surface area contributed by atoms with Crippen LogP contribution in [-0.4, -0.2) is 35.2 Å². The number of methoxy groups -OCH3 is 2. The minimum Gasteiger partial charge on any atom is -0.493 e. The normalized spacial score (nSPS) is 20.2. The zero-order valence-corrected chi connectivity index (χ0v) is 16.1. The van der Waals surface area contributed by atoms with Gasteiger partial charge in [-0.2, -0.15) is 0 Å². The quantitative estimate of drug-likeness (QED) is 0.821. The molecule has 5 heteroatoms. The third-order valence-electron chi connectivity index (χ3n) is 5.90. The third kappa shape index (κ3) is 3.09. The molecule has 1 fully saturated rings. The summed E-state index contributed by atoms with van der Waals surface area (Å²) in [5.74, 6) is 2.84. The van der Waals surface area contributed by atoms with Gasteiger partial charge in [-0.05, 0) is 62.8 Å². The van der Waals surface area contributed by atoms with Gasteiger partial charge in [-0.1, -0.05) is 6.07 Å². The zero-order valence-electron chi connectivity index (χ0n) is 16.1. The maximum atomic E-state index is 5.47. The van der Waals surface area contributed by atoms with Gasteiger partial charge in [0.15, 0.2) is 11.5 Å². The summed E-state index contributed by atoms with van der Waals surface area (Å²) in [6.45, 7) is 2.04. The number of hydrogen-bond donors (Lipinski definition) is 0.